The molecular weight excluding hydrogens is 256 g/mol. The van der Waals surface area contributed by atoms with Crippen molar-refractivity contribution in [2.24, 2.45) is 0 Å². The van der Waals surface area contributed by atoms with Crippen LogP contribution in [0.3, 0.4) is 0 Å². The van der Waals surface area contributed by atoms with Crippen LogP contribution in [-0.4, -0.2) is 29.1 Å². The molecule has 2 fully saturated rings. The highest BCUT2D eigenvalue weighted by Crippen LogP contribution is 2.39. The van der Waals surface area contributed by atoms with Crippen molar-refractivity contribution in [3.63, 3.8) is 0 Å². The molecule has 1 aromatic rings. The van der Waals surface area contributed by atoms with E-state index >= 15 is 0 Å². The molecule has 1 saturated carbocycles. The van der Waals surface area contributed by atoms with E-state index in [2.05, 4.69) is 10.3 Å². The molecule has 20 heavy (non-hydrogen) atoms. The van der Waals surface area contributed by atoms with Crippen molar-refractivity contribution >= 4 is 5.91 Å². The number of carbonyl (C=O) groups is 1. The Morgan fingerprint density at radius 1 is 1.30 bits per heavy atom. The lowest BCUT2D eigenvalue weighted by Gasteiger charge is -2.32. The Morgan fingerprint density at radius 2 is 2.10 bits per heavy atom. The highest BCUT2D eigenvalue weighted by molar-refractivity contribution is 5.92. The topological polar surface area (TPSA) is 71.2 Å². The maximum absolute atomic E-state index is 12.1. The quantitative estimate of drug-likeness (QED) is 0.862. The van der Waals surface area contributed by atoms with Gasteiger partial charge in [0.2, 0.25) is 5.56 Å². The van der Waals surface area contributed by atoms with E-state index in [0.29, 0.717) is 12.3 Å². The SMILES string of the molecule is O=C(N[C@H]1COC2(CCCCC2)C1)c1cccc(=O)[nH]1. The fourth-order valence-electron chi connectivity index (χ4n) is 3.32. The number of H-pyrrole nitrogens is 1. The second-order valence-electron chi connectivity index (χ2n) is 5.86. The van der Waals surface area contributed by atoms with Gasteiger partial charge < -0.3 is 15.0 Å². The van der Waals surface area contributed by atoms with Crippen molar-refractivity contribution in [1.82, 2.24) is 10.3 Å². The summed E-state index contributed by atoms with van der Waals surface area (Å²) in [6, 6.07) is 4.64. The lowest BCUT2D eigenvalue weighted by Crippen LogP contribution is -2.38. The maximum atomic E-state index is 12.1. The molecule has 2 heterocycles. The predicted octanol–water partition coefficient (Wildman–Crippen LogP) is 1.60. The monoisotopic (exact) mass is 276 g/mol. The van der Waals surface area contributed by atoms with Crippen molar-refractivity contribution < 1.29 is 9.53 Å². The van der Waals surface area contributed by atoms with Crippen molar-refractivity contribution in [1.29, 1.82) is 0 Å². The number of pyridine rings is 1. The van der Waals surface area contributed by atoms with Crippen LogP contribution in [0.4, 0.5) is 0 Å². The third-order valence-electron chi connectivity index (χ3n) is 4.32. The van der Waals surface area contributed by atoms with Crippen LogP contribution in [0.5, 0.6) is 0 Å². The van der Waals surface area contributed by atoms with Gasteiger partial charge in [0.05, 0.1) is 18.2 Å². The summed E-state index contributed by atoms with van der Waals surface area (Å²) >= 11 is 0. The van der Waals surface area contributed by atoms with Gasteiger partial charge in [0.1, 0.15) is 5.69 Å². The molecule has 2 N–H and O–H groups in total. The Hall–Kier alpha value is -1.62. The van der Waals surface area contributed by atoms with Crippen LogP contribution in [0.25, 0.3) is 0 Å². The van der Waals surface area contributed by atoms with E-state index in [1.54, 1.807) is 12.1 Å². The second kappa shape index (κ2) is 5.40. The minimum Gasteiger partial charge on any atom is -0.373 e. The Morgan fingerprint density at radius 3 is 2.85 bits per heavy atom. The highest BCUT2D eigenvalue weighted by atomic mass is 16.5. The van der Waals surface area contributed by atoms with E-state index in [4.69, 9.17) is 4.74 Å². The molecule has 1 aliphatic heterocycles. The van der Waals surface area contributed by atoms with Gasteiger partial charge in [-0.05, 0) is 25.3 Å². The van der Waals surface area contributed by atoms with Crippen molar-refractivity contribution in [3.05, 3.63) is 34.2 Å². The summed E-state index contributed by atoms with van der Waals surface area (Å²) in [4.78, 5) is 25.8. The smallest absolute Gasteiger partial charge is 0.268 e. The summed E-state index contributed by atoms with van der Waals surface area (Å²) in [5.41, 5.74) is 0.0338. The first kappa shape index (κ1) is 13.4. The number of nitrogens with one attached hydrogen (secondary N) is 2. The normalized spacial score (nSPS) is 24.7. The summed E-state index contributed by atoms with van der Waals surface area (Å²) in [5.74, 6) is -0.232. The predicted molar refractivity (Wildman–Crippen MR) is 74.7 cm³/mol. The molecule has 5 nitrogen and oxygen atoms in total. The van der Waals surface area contributed by atoms with Crippen LogP contribution >= 0.6 is 0 Å². The molecule has 1 aliphatic carbocycles. The van der Waals surface area contributed by atoms with Crippen molar-refractivity contribution in [3.8, 4) is 0 Å². The van der Waals surface area contributed by atoms with Gasteiger partial charge in [0, 0.05) is 6.07 Å². The van der Waals surface area contributed by atoms with Gasteiger partial charge in [-0.2, -0.15) is 0 Å². The lowest BCUT2D eigenvalue weighted by molar-refractivity contribution is -0.0246. The maximum Gasteiger partial charge on any atom is 0.268 e. The molecule has 2 aliphatic rings. The molecule has 0 radical (unpaired) electrons. The van der Waals surface area contributed by atoms with Crippen LogP contribution in [0.15, 0.2) is 23.0 Å². The van der Waals surface area contributed by atoms with Gasteiger partial charge in [0.25, 0.3) is 5.91 Å². The van der Waals surface area contributed by atoms with E-state index < -0.39 is 0 Å². The van der Waals surface area contributed by atoms with Gasteiger partial charge in [-0.25, -0.2) is 0 Å². The molecule has 1 atom stereocenters. The Bertz CT molecular complexity index is 546. The summed E-state index contributed by atoms with van der Waals surface area (Å²) < 4.78 is 5.97. The Balaban J connectivity index is 1.61. The van der Waals surface area contributed by atoms with Crippen LogP contribution < -0.4 is 10.9 Å². The number of aromatic amines is 1. The standard InChI is InChI=1S/C15H20N2O3/c18-13-6-4-5-12(17-13)14(19)16-11-9-15(20-10-11)7-2-1-3-8-15/h4-6,11H,1-3,7-10H2,(H,16,19)(H,17,18)/t11-/m1/s1. The number of aromatic nitrogens is 1. The van der Waals surface area contributed by atoms with Gasteiger partial charge in [-0.1, -0.05) is 25.3 Å². The minimum atomic E-state index is -0.260. The zero-order valence-electron chi connectivity index (χ0n) is 11.5. The molecule has 1 aromatic heterocycles. The molecule has 3 rings (SSSR count). The average Bonchev–Trinajstić information content (AvgIpc) is 2.82. The number of carbonyl (C=O) groups excluding carboxylic acids is 1. The Kier molecular flexibility index (Phi) is 3.61. The van der Waals surface area contributed by atoms with E-state index in [0.717, 1.165) is 19.3 Å². The van der Waals surface area contributed by atoms with Gasteiger partial charge in [-0.3, -0.25) is 9.59 Å². The molecule has 0 aromatic carbocycles. The Labute approximate surface area is 117 Å². The van der Waals surface area contributed by atoms with Crippen molar-refractivity contribution in [2.75, 3.05) is 6.61 Å². The zero-order chi connectivity index (χ0) is 14.0. The van der Waals surface area contributed by atoms with Crippen LogP contribution in [-0.2, 0) is 4.74 Å². The first-order chi connectivity index (χ1) is 9.67. The van der Waals surface area contributed by atoms with Crippen LogP contribution in [0.1, 0.15) is 49.0 Å². The number of hydrogen-bond acceptors (Lipinski definition) is 3. The van der Waals surface area contributed by atoms with Gasteiger partial charge in [0.15, 0.2) is 0 Å². The summed E-state index contributed by atoms with van der Waals surface area (Å²) in [6.45, 7) is 0.572. The molecule has 1 amide bonds. The molecular formula is C15H20N2O3. The van der Waals surface area contributed by atoms with Crippen molar-refractivity contribution in [2.45, 2.75) is 50.2 Å². The van der Waals surface area contributed by atoms with E-state index in [-0.39, 0.29) is 23.1 Å². The first-order valence-electron chi connectivity index (χ1n) is 7.31. The molecule has 1 saturated heterocycles. The van der Waals surface area contributed by atoms with Gasteiger partial charge in [-0.15, -0.1) is 0 Å². The molecule has 1 spiro atoms. The summed E-state index contributed by atoms with van der Waals surface area (Å²) in [5, 5.41) is 2.96. The van der Waals surface area contributed by atoms with Crippen LogP contribution in [0, 0.1) is 0 Å². The number of ether oxygens (including phenoxy) is 1. The number of hydrogen-bond donors (Lipinski definition) is 2. The second-order valence-corrected chi connectivity index (χ2v) is 5.86. The van der Waals surface area contributed by atoms with E-state index in [1.807, 2.05) is 0 Å². The van der Waals surface area contributed by atoms with Crippen LogP contribution in [0.2, 0.25) is 0 Å². The summed E-state index contributed by atoms with van der Waals surface area (Å²) in [7, 11) is 0. The fourth-order valence-corrected chi connectivity index (χ4v) is 3.32. The fraction of sp³-hybridized carbons (Fsp3) is 0.600. The third kappa shape index (κ3) is 2.77. The van der Waals surface area contributed by atoms with E-state index in [1.165, 1.54) is 25.3 Å². The molecule has 0 unspecified atom stereocenters. The molecule has 0 bridgehead atoms. The van der Waals surface area contributed by atoms with E-state index in [9.17, 15) is 9.59 Å². The average molecular weight is 276 g/mol. The lowest BCUT2D eigenvalue weighted by atomic mass is 9.82. The third-order valence-corrected chi connectivity index (χ3v) is 4.32. The van der Waals surface area contributed by atoms with Gasteiger partial charge >= 0.3 is 0 Å². The zero-order valence-corrected chi connectivity index (χ0v) is 11.5. The largest absolute Gasteiger partial charge is 0.373 e. The minimum absolute atomic E-state index is 0.0136. The summed E-state index contributed by atoms with van der Waals surface area (Å²) in [6.07, 6.45) is 6.80. The molecule has 108 valence electrons. The molecule has 5 heteroatoms. The number of amides is 1. The number of rotatable bonds is 2. The first-order valence-corrected chi connectivity index (χ1v) is 7.31. The highest BCUT2D eigenvalue weighted by Gasteiger charge is 2.41.